The minimum atomic E-state index is 0.408. The summed E-state index contributed by atoms with van der Waals surface area (Å²) in [6.45, 7) is 8.97. The first-order valence-corrected chi connectivity index (χ1v) is 9.77. The third-order valence-corrected chi connectivity index (χ3v) is 6.39. The van der Waals surface area contributed by atoms with Crippen molar-refractivity contribution in [1.82, 2.24) is 14.5 Å². The summed E-state index contributed by atoms with van der Waals surface area (Å²) in [7, 11) is 2.27. The van der Waals surface area contributed by atoms with Gasteiger partial charge < -0.3 is 9.47 Å². The molecule has 4 heterocycles. The Bertz CT molecular complexity index is 1000. The van der Waals surface area contributed by atoms with Crippen LogP contribution >= 0.6 is 0 Å². The lowest BCUT2D eigenvalue weighted by atomic mass is 9.79. The summed E-state index contributed by atoms with van der Waals surface area (Å²) in [6, 6.07) is 11.9. The first-order chi connectivity index (χ1) is 12.5. The van der Waals surface area contributed by atoms with Crippen molar-refractivity contribution in [1.29, 1.82) is 0 Å². The fourth-order valence-electron chi connectivity index (χ4n) is 5.47. The Balaban J connectivity index is 1.83. The van der Waals surface area contributed by atoms with Gasteiger partial charge in [-0.25, -0.2) is 0 Å². The van der Waals surface area contributed by atoms with Crippen LogP contribution in [0.3, 0.4) is 0 Å². The zero-order valence-electron chi connectivity index (χ0n) is 16.2. The molecule has 3 atom stereocenters. The van der Waals surface area contributed by atoms with Gasteiger partial charge in [0.25, 0.3) is 0 Å². The molecule has 0 saturated heterocycles. The van der Waals surface area contributed by atoms with E-state index >= 15 is 0 Å². The van der Waals surface area contributed by atoms with Crippen LogP contribution in [0.5, 0.6) is 0 Å². The average molecular weight is 345 g/mol. The highest BCUT2D eigenvalue weighted by atomic mass is 15.1. The van der Waals surface area contributed by atoms with Crippen molar-refractivity contribution >= 4 is 10.9 Å². The van der Waals surface area contributed by atoms with Gasteiger partial charge in [0, 0.05) is 47.5 Å². The zero-order valence-corrected chi connectivity index (χ0v) is 16.2. The molecule has 3 aromatic rings. The molecule has 0 saturated carbocycles. The second-order valence-corrected chi connectivity index (χ2v) is 8.54. The van der Waals surface area contributed by atoms with Crippen LogP contribution in [0.4, 0.5) is 0 Å². The molecule has 3 heteroatoms. The van der Waals surface area contributed by atoms with Crippen molar-refractivity contribution < 1.29 is 0 Å². The molecule has 1 aromatic carbocycles. The molecule has 0 fully saturated rings. The number of fused-ring (bicyclic) bond motifs is 3. The first kappa shape index (κ1) is 16.1. The highest BCUT2D eigenvalue weighted by Gasteiger charge is 2.39. The van der Waals surface area contributed by atoms with Crippen molar-refractivity contribution in [3.05, 3.63) is 64.6 Å². The normalized spacial score (nSPS) is 25.5. The molecule has 3 nitrogen and oxygen atoms in total. The van der Waals surface area contributed by atoms with Crippen LogP contribution in [0.1, 0.15) is 53.4 Å². The van der Waals surface area contributed by atoms with E-state index in [0.717, 1.165) is 12.2 Å². The quantitative estimate of drug-likeness (QED) is 0.631. The Morgan fingerprint density at radius 3 is 2.77 bits per heavy atom. The zero-order chi connectivity index (χ0) is 18.0. The minimum absolute atomic E-state index is 0.408. The fourth-order valence-corrected chi connectivity index (χ4v) is 5.47. The van der Waals surface area contributed by atoms with Gasteiger partial charge in [0.05, 0.1) is 6.04 Å². The van der Waals surface area contributed by atoms with Gasteiger partial charge in [-0.3, -0.25) is 4.98 Å². The van der Waals surface area contributed by atoms with Gasteiger partial charge in [-0.2, -0.15) is 0 Å². The summed E-state index contributed by atoms with van der Waals surface area (Å²) < 4.78 is 2.69. The Morgan fingerprint density at radius 1 is 1.12 bits per heavy atom. The monoisotopic (exact) mass is 345 g/mol. The van der Waals surface area contributed by atoms with Crippen LogP contribution in [0, 0.1) is 19.8 Å². The second-order valence-electron chi connectivity index (χ2n) is 8.54. The molecule has 134 valence electrons. The van der Waals surface area contributed by atoms with Crippen molar-refractivity contribution in [2.24, 2.45) is 5.92 Å². The highest BCUT2D eigenvalue weighted by molar-refractivity contribution is 5.87. The molecule has 2 aliphatic rings. The summed E-state index contributed by atoms with van der Waals surface area (Å²) >= 11 is 0. The molecule has 0 radical (unpaired) electrons. The minimum Gasteiger partial charge on any atom is -0.336 e. The van der Waals surface area contributed by atoms with Gasteiger partial charge in [-0.05, 0) is 68.6 Å². The van der Waals surface area contributed by atoms with Crippen molar-refractivity contribution in [2.45, 2.75) is 45.7 Å². The van der Waals surface area contributed by atoms with E-state index in [0.29, 0.717) is 17.9 Å². The number of aryl methyl sites for hydroxylation is 2. The maximum Gasteiger partial charge on any atom is 0.0615 e. The van der Waals surface area contributed by atoms with E-state index in [1.807, 2.05) is 6.20 Å². The van der Waals surface area contributed by atoms with E-state index < -0.39 is 0 Å². The first-order valence-electron chi connectivity index (χ1n) is 9.77. The third-order valence-electron chi connectivity index (χ3n) is 6.39. The Kier molecular flexibility index (Phi) is 3.51. The van der Waals surface area contributed by atoms with E-state index in [1.165, 1.54) is 35.0 Å². The Morgan fingerprint density at radius 2 is 1.96 bits per heavy atom. The number of benzene rings is 1. The molecule has 0 aliphatic carbocycles. The molecule has 0 N–H and O–H groups in total. The number of aromatic nitrogens is 2. The lowest BCUT2D eigenvalue weighted by Crippen LogP contribution is -2.37. The number of hydrogen-bond donors (Lipinski definition) is 0. The Labute approximate surface area is 155 Å². The fraction of sp³-hybridized carbons (Fsp3) is 0.435. The molecular formula is C23H27N3. The van der Waals surface area contributed by atoms with E-state index in [1.54, 1.807) is 11.3 Å². The van der Waals surface area contributed by atoms with Crippen molar-refractivity contribution in [3.8, 4) is 0 Å². The smallest absolute Gasteiger partial charge is 0.0615 e. The summed E-state index contributed by atoms with van der Waals surface area (Å²) in [5.41, 5.74) is 8.43. The van der Waals surface area contributed by atoms with Crippen molar-refractivity contribution in [2.75, 3.05) is 13.6 Å². The van der Waals surface area contributed by atoms with Crippen LogP contribution in [0.15, 0.2) is 36.5 Å². The number of hydrogen-bond acceptors (Lipinski definition) is 2. The van der Waals surface area contributed by atoms with Crippen LogP contribution in [-0.2, 0) is 6.54 Å². The highest BCUT2D eigenvalue weighted by Crippen LogP contribution is 2.48. The summed E-state index contributed by atoms with van der Waals surface area (Å²) in [5, 5.41) is 1.46. The van der Waals surface area contributed by atoms with E-state index in [2.05, 4.69) is 72.6 Å². The van der Waals surface area contributed by atoms with Crippen LogP contribution in [-0.4, -0.2) is 28.0 Å². The predicted octanol–water partition coefficient (Wildman–Crippen LogP) is 4.81. The summed E-state index contributed by atoms with van der Waals surface area (Å²) in [4.78, 5) is 6.93. The molecule has 2 aromatic heterocycles. The van der Waals surface area contributed by atoms with Gasteiger partial charge >= 0.3 is 0 Å². The molecule has 3 unspecified atom stereocenters. The van der Waals surface area contributed by atoms with Crippen molar-refractivity contribution in [3.63, 3.8) is 0 Å². The van der Waals surface area contributed by atoms with Gasteiger partial charge in [0.2, 0.25) is 0 Å². The van der Waals surface area contributed by atoms with E-state index in [9.17, 15) is 0 Å². The Hall–Kier alpha value is -2.13. The van der Waals surface area contributed by atoms with Gasteiger partial charge in [0.1, 0.15) is 0 Å². The lowest BCUT2D eigenvalue weighted by molar-refractivity contribution is 0.215. The molecule has 0 amide bonds. The van der Waals surface area contributed by atoms with Crippen LogP contribution < -0.4 is 0 Å². The topological polar surface area (TPSA) is 21.1 Å². The second kappa shape index (κ2) is 5.68. The average Bonchev–Trinajstić information content (AvgIpc) is 2.89. The molecule has 5 rings (SSSR count). The standard InChI is InChI=1S/C23H27N3/c1-14-5-6-21-19(9-14)20-13-25(4)12-18-10-15(2)22(26(21)23(18)20)17-7-8-24-16(3)11-17/h5-9,11,15,18,22H,10,12-13H2,1-4H3. The maximum atomic E-state index is 4.43. The SMILES string of the molecule is Cc1ccc2c(c1)c1c3n2C(c2ccnc(C)c2)C(C)CC3CN(C)C1. The summed E-state index contributed by atoms with van der Waals surface area (Å²) in [5.74, 6) is 1.26. The number of likely N-dealkylation sites (N-methyl/N-ethyl adjacent to an activating group) is 1. The lowest BCUT2D eigenvalue weighted by Gasteiger charge is -2.42. The van der Waals surface area contributed by atoms with Gasteiger partial charge in [-0.15, -0.1) is 0 Å². The molecule has 0 bridgehead atoms. The number of nitrogens with zero attached hydrogens (tertiary/aromatic N) is 3. The molecular weight excluding hydrogens is 318 g/mol. The van der Waals surface area contributed by atoms with Crippen LogP contribution in [0.25, 0.3) is 10.9 Å². The van der Waals surface area contributed by atoms with Gasteiger partial charge in [-0.1, -0.05) is 18.6 Å². The van der Waals surface area contributed by atoms with E-state index in [4.69, 9.17) is 0 Å². The predicted molar refractivity (Wildman–Crippen MR) is 107 cm³/mol. The molecule has 26 heavy (non-hydrogen) atoms. The number of pyridine rings is 1. The molecule has 0 spiro atoms. The third kappa shape index (κ3) is 2.26. The van der Waals surface area contributed by atoms with E-state index in [-0.39, 0.29) is 0 Å². The summed E-state index contributed by atoms with van der Waals surface area (Å²) in [6.07, 6.45) is 3.23. The maximum absolute atomic E-state index is 4.43. The van der Waals surface area contributed by atoms with Gasteiger partial charge in [0.15, 0.2) is 0 Å². The number of rotatable bonds is 1. The van der Waals surface area contributed by atoms with Crippen LogP contribution in [0.2, 0.25) is 0 Å². The largest absolute Gasteiger partial charge is 0.336 e. The molecule has 2 aliphatic heterocycles.